The summed E-state index contributed by atoms with van der Waals surface area (Å²) in [6.07, 6.45) is 5.49. The molecule has 6 heterocycles. The molecule has 3 aliphatic heterocycles. The maximum absolute atomic E-state index is 11.7. The number of hydrogen-bond acceptors (Lipinski definition) is 9. The van der Waals surface area contributed by atoms with Gasteiger partial charge >= 0.3 is 0 Å². The zero-order valence-corrected chi connectivity index (χ0v) is 22.2. The predicted molar refractivity (Wildman–Crippen MR) is 145 cm³/mol. The Hall–Kier alpha value is -2.50. The molecule has 0 radical (unpaired) electrons. The number of aliphatic hydroxyl groups excluding tert-OH is 1. The van der Waals surface area contributed by atoms with Gasteiger partial charge in [0.05, 0.1) is 40.6 Å². The largest absolute Gasteiger partial charge is 0.481 e. The van der Waals surface area contributed by atoms with Crippen LogP contribution in [0.2, 0.25) is 0 Å². The second kappa shape index (κ2) is 11.1. The number of aliphatic hydroxyl groups is 1. The number of nitrogens with one attached hydrogen (secondary N) is 2. The van der Waals surface area contributed by atoms with Crippen molar-refractivity contribution in [1.82, 2.24) is 25.2 Å². The van der Waals surface area contributed by atoms with Crippen molar-refractivity contribution in [2.75, 3.05) is 24.7 Å². The number of anilines is 1. The van der Waals surface area contributed by atoms with Crippen molar-refractivity contribution >= 4 is 46.9 Å². The number of fused-ring (bicyclic) bond motifs is 4. The number of carbonyl (C=O) groups is 1. The fourth-order valence-electron chi connectivity index (χ4n) is 5.80. The molecule has 3 aromatic rings. The van der Waals surface area contributed by atoms with E-state index in [-0.39, 0.29) is 18.3 Å². The van der Waals surface area contributed by atoms with E-state index in [4.69, 9.17) is 4.74 Å². The van der Waals surface area contributed by atoms with Gasteiger partial charge in [0.25, 0.3) is 0 Å². The van der Waals surface area contributed by atoms with E-state index in [1.807, 2.05) is 24.3 Å². The Bertz CT molecular complexity index is 1280. The number of nitrogens with zero attached hydrogens (tertiary/aromatic N) is 4. The van der Waals surface area contributed by atoms with Crippen molar-refractivity contribution in [3.8, 4) is 5.88 Å². The van der Waals surface area contributed by atoms with E-state index in [1.54, 1.807) is 19.4 Å². The summed E-state index contributed by atoms with van der Waals surface area (Å²) in [4.78, 5) is 28.8. The standard InChI is InChI=1S/C26H30N6O3S.ClH/c1-35-24-7-5-20-25(31-24)19(8-9-27-20)21(33)13-32-17-3-4-18(32)11-16(10-17)28-12-15-2-6-22-26(29-15)30-23(34)14-36-22;/h2,5-9,16-18,21,28,33H,3-4,10-14H2,1H3,(H,29,30,34);1H/t16?,17-,18+,21-;/m0./s1. The molecule has 9 nitrogen and oxygen atoms in total. The number of ether oxygens (including phenoxy) is 1. The van der Waals surface area contributed by atoms with Crippen LogP contribution in [0.1, 0.15) is 43.0 Å². The quantitative estimate of drug-likeness (QED) is 0.414. The second-order valence-electron chi connectivity index (χ2n) is 9.75. The van der Waals surface area contributed by atoms with Crippen LogP contribution in [0, 0.1) is 0 Å². The number of piperidine rings is 1. The van der Waals surface area contributed by atoms with Gasteiger partial charge in [0.1, 0.15) is 5.82 Å². The minimum Gasteiger partial charge on any atom is -0.481 e. The molecule has 0 spiro atoms. The number of carbonyl (C=O) groups excluding carboxylic acids is 1. The lowest BCUT2D eigenvalue weighted by Gasteiger charge is -2.40. The van der Waals surface area contributed by atoms with Gasteiger partial charge in [0.15, 0.2) is 0 Å². The summed E-state index contributed by atoms with van der Waals surface area (Å²) >= 11 is 1.53. The molecule has 1 unspecified atom stereocenters. The molecule has 4 atom stereocenters. The van der Waals surface area contributed by atoms with Crippen molar-refractivity contribution in [2.45, 2.75) is 61.4 Å². The van der Waals surface area contributed by atoms with Gasteiger partial charge in [-0.25, -0.2) is 9.97 Å². The van der Waals surface area contributed by atoms with Gasteiger partial charge < -0.3 is 20.5 Å². The van der Waals surface area contributed by atoms with Crippen molar-refractivity contribution in [3.05, 3.63) is 47.8 Å². The highest BCUT2D eigenvalue weighted by Crippen LogP contribution is 2.38. The lowest BCUT2D eigenvalue weighted by atomic mass is 9.96. The molecule has 2 fully saturated rings. The van der Waals surface area contributed by atoms with Crippen LogP contribution in [-0.2, 0) is 11.3 Å². The Morgan fingerprint density at radius 2 is 2.00 bits per heavy atom. The lowest BCUT2D eigenvalue weighted by Crippen LogP contribution is -2.50. The number of pyridine rings is 3. The number of halogens is 1. The fourth-order valence-corrected chi connectivity index (χ4v) is 6.55. The number of amides is 1. The van der Waals surface area contributed by atoms with Gasteiger partial charge in [-0.1, -0.05) is 0 Å². The van der Waals surface area contributed by atoms with Crippen molar-refractivity contribution in [2.24, 2.45) is 0 Å². The van der Waals surface area contributed by atoms with E-state index in [0.29, 0.717) is 54.2 Å². The topological polar surface area (TPSA) is 113 Å². The first kappa shape index (κ1) is 26.1. The van der Waals surface area contributed by atoms with Crippen molar-refractivity contribution in [3.63, 3.8) is 0 Å². The van der Waals surface area contributed by atoms with Crippen molar-refractivity contribution < 1.29 is 14.6 Å². The van der Waals surface area contributed by atoms with Crippen LogP contribution in [0.4, 0.5) is 5.82 Å². The van der Waals surface area contributed by atoms with Gasteiger partial charge in [-0.2, -0.15) is 0 Å². The lowest BCUT2D eigenvalue weighted by molar-refractivity contribution is -0.113. The Kier molecular flexibility index (Phi) is 7.83. The number of rotatable bonds is 7. The highest BCUT2D eigenvalue weighted by molar-refractivity contribution is 8.00. The fraction of sp³-hybridized carbons (Fsp3) is 0.462. The van der Waals surface area contributed by atoms with E-state index in [0.717, 1.165) is 47.4 Å². The molecule has 3 aliphatic rings. The molecule has 196 valence electrons. The molecule has 37 heavy (non-hydrogen) atoms. The molecule has 2 bridgehead atoms. The Morgan fingerprint density at radius 3 is 2.78 bits per heavy atom. The first-order valence-electron chi connectivity index (χ1n) is 12.5. The Morgan fingerprint density at radius 1 is 1.19 bits per heavy atom. The number of aromatic nitrogens is 3. The van der Waals surface area contributed by atoms with Gasteiger partial charge in [0, 0.05) is 49.0 Å². The third-order valence-corrected chi connectivity index (χ3v) is 8.58. The molecule has 3 N–H and O–H groups in total. The van der Waals surface area contributed by atoms with Gasteiger partial charge in [-0.05, 0) is 49.9 Å². The molecular weight excluding hydrogens is 512 g/mol. The minimum absolute atomic E-state index is 0. The molecule has 11 heteroatoms. The zero-order chi connectivity index (χ0) is 24.6. The van der Waals surface area contributed by atoms with Crippen LogP contribution in [0.5, 0.6) is 5.88 Å². The van der Waals surface area contributed by atoms with Crippen molar-refractivity contribution in [1.29, 1.82) is 0 Å². The summed E-state index contributed by atoms with van der Waals surface area (Å²) in [5.74, 6) is 1.65. The normalized spacial score (nSPS) is 23.7. The average Bonchev–Trinajstić information content (AvgIpc) is 3.12. The minimum atomic E-state index is -0.643. The first-order chi connectivity index (χ1) is 17.6. The monoisotopic (exact) mass is 542 g/mol. The SMILES string of the molecule is COc1ccc2nccc([C@@H](O)CN3[C@@H]4CC[C@H]3CC(NCc3ccc5c(n3)NC(=O)CS5)C4)c2n1.Cl. The first-order valence-corrected chi connectivity index (χ1v) is 13.5. The maximum atomic E-state index is 11.7. The number of methoxy groups -OCH3 is 1. The third kappa shape index (κ3) is 5.39. The Balaban J connectivity index is 0.00000280. The summed E-state index contributed by atoms with van der Waals surface area (Å²) in [5.41, 5.74) is 3.18. The van der Waals surface area contributed by atoms with E-state index >= 15 is 0 Å². The maximum Gasteiger partial charge on any atom is 0.235 e. The van der Waals surface area contributed by atoms with Crippen LogP contribution in [-0.4, -0.2) is 68.4 Å². The molecule has 2 saturated heterocycles. The van der Waals surface area contributed by atoms with Crippen LogP contribution in [0.15, 0.2) is 41.4 Å². The molecule has 6 rings (SSSR count). The van der Waals surface area contributed by atoms with Crippen LogP contribution in [0.25, 0.3) is 11.0 Å². The van der Waals surface area contributed by atoms with Gasteiger partial charge in [-0.3, -0.25) is 14.7 Å². The second-order valence-corrected chi connectivity index (χ2v) is 10.8. The predicted octanol–water partition coefficient (Wildman–Crippen LogP) is 3.32. The van der Waals surface area contributed by atoms with Crippen LogP contribution >= 0.6 is 24.2 Å². The smallest absolute Gasteiger partial charge is 0.235 e. The van der Waals surface area contributed by atoms with Gasteiger partial charge in [0.2, 0.25) is 11.8 Å². The van der Waals surface area contributed by atoms with E-state index in [9.17, 15) is 9.90 Å². The van der Waals surface area contributed by atoms with E-state index in [1.165, 1.54) is 11.8 Å². The highest BCUT2D eigenvalue weighted by atomic mass is 35.5. The summed E-state index contributed by atoms with van der Waals surface area (Å²) in [7, 11) is 1.59. The molecular formula is C26H31ClN6O3S. The zero-order valence-electron chi connectivity index (χ0n) is 20.6. The number of hydrogen-bond donors (Lipinski definition) is 3. The van der Waals surface area contributed by atoms with Crippen LogP contribution in [0.3, 0.4) is 0 Å². The third-order valence-electron chi connectivity index (χ3n) is 7.53. The van der Waals surface area contributed by atoms with E-state index in [2.05, 4.69) is 30.5 Å². The van der Waals surface area contributed by atoms with Gasteiger partial charge in [-0.15, -0.1) is 24.2 Å². The van der Waals surface area contributed by atoms with Crippen LogP contribution < -0.4 is 15.4 Å². The summed E-state index contributed by atoms with van der Waals surface area (Å²) in [6.45, 7) is 1.26. The molecule has 0 aliphatic carbocycles. The summed E-state index contributed by atoms with van der Waals surface area (Å²) in [6, 6.07) is 10.9. The van der Waals surface area contributed by atoms with E-state index < -0.39 is 6.10 Å². The Labute approximate surface area is 226 Å². The molecule has 1 amide bonds. The number of thioether (sulfide) groups is 1. The summed E-state index contributed by atoms with van der Waals surface area (Å²) < 4.78 is 5.29. The average molecular weight is 543 g/mol. The molecule has 0 aromatic carbocycles. The highest BCUT2D eigenvalue weighted by Gasteiger charge is 2.41. The molecule has 0 saturated carbocycles. The summed E-state index contributed by atoms with van der Waals surface area (Å²) in [5, 5.41) is 17.8. The molecule has 3 aromatic heterocycles.